The lowest BCUT2D eigenvalue weighted by atomic mass is 9.82. The lowest BCUT2D eigenvalue weighted by Crippen LogP contribution is -2.52. The number of ketones is 1. The highest BCUT2D eigenvalue weighted by molar-refractivity contribution is 6.33. The molecule has 4 nitrogen and oxygen atoms in total. The van der Waals surface area contributed by atoms with Crippen LogP contribution in [0.3, 0.4) is 0 Å². The summed E-state index contributed by atoms with van der Waals surface area (Å²) in [7, 11) is 0. The highest BCUT2D eigenvalue weighted by atomic mass is 35.5. The van der Waals surface area contributed by atoms with Gasteiger partial charge in [0.2, 0.25) is 0 Å². The molecule has 2 aliphatic heterocycles. The summed E-state index contributed by atoms with van der Waals surface area (Å²) < 4.78 is 20.3. The summed E-state index contributed by atoms with van der Waals surface area (Å²) in [6, 6.07) is 9.81. The molecule has 1 saturated heterocycles. The number of carbonyl (C=O) groups is 2. The van der Waals surface area contributed by atoms with Crippen molar-refractivity contribution in [1.82, 2.24) is 4.90 Å². The molecule has 2 heterocycles. The molecule has 2 aliphatic rings. The molecule has 0 aliphatic carbocycles. The molecule has 27 heavy (non-hydrogen) atoms. The van der Waals surface area contributed by atoms with E-state index in [1.54, 1.807) is 4.90 Å². The summed E-state index contributed by atoms with van der Waals surface area (Å²) in [4.78, 5) is 26.9. The van der Waals surface area contributed by atoms with Crippen molar-refractivity contribution in [2.24, 2.45) is 0 Å². The van der Waals surface area contributed by atoms with Gasteiger partial charge in [-0.15, -0.1) is 0 Å². The SMILES string of the molecule is Cc1ccc2c(c1)C(=O)CC1(CCN(C(=O)c3c(F)cccc3Cl)CC1)O2. The van der Waals surface area contributed by atoms with Crippen LogP contribution in [0.5, 0.6) is 5.75 Å². The average Bonchev–Trinajstić information content (AvgIpc) is 2.63. The molecule has 0 bridgehead atoms. The fraction of sp³-hybridized carbons (Fsp3) is 0.333. The van der Waals surface area contributed by atoms with Gasteiger partial charge in [0.05, 0.1) is 22.6 Å². The average molecular weight is 388 g/mol. The summed E-state index contributed by atoms with van der Waals surface area (Å²) in [6.07, 6.45) is 1.33. The molecule has 0 N–H and O–H groups in total. The van der Waals surface area contributed by atoms with Gasteiger partial charge < -0.3 is 9.64 Å². The molecule has 4 rings (SSSR count). The van der Waals surface area contributed by atoms with Crippen LogP contribution in [0, 0.1) is 12.7 Å². The first-order valence-electron chi connectivity index (χ1n) is 8.95. The maximum atomic E-state index is 14.1. The van der Waals surface area contributed by atoms with Crippen molar-refractivity contribution in [1.29, 1.82) is 0 Å². The second-order valence-corrected chi connectivity index (χ2v) is 7.68. The minimum atomic E-state index is -0.624. The fourth-order valence-corrected chi connectivity index (χ4v) is 4.11. The topological polar surface area (TPSA) is 46.6 Å². The van der Waals surface area contributed by atoms with E-state index in [-0.39, 0.29) is 16.4 Å². The Morgan fingerprint density at radius 2 is 1.96 bits per heavy atom. The van der Waals surface area contributed by atoms with Crippen molar-refractivity contribution in [2.45, 2.75) is 31.8 Å². The van der Waals surface area contributed by atoms with Gasteiger partial charge >= 0.3 is 0 Å². The van der Waals surface area contributed by atoms with E-state index >= 15 is 0 Å². The van der Waals surface area contributed by atoms with E-state index in [0.717, 1.165) is 5.56 Å². The summed E-state index contributed by atoms with van der Waals surface area (Å²) in [6.45, 7) is 2.71. The smallest absolute Gasteiger partial charge is 0.258 e. The van der Waals surface area contributed by atoms with Crippen LogP contribution in [0.25, 0.3) is 0 Å². The van der Waals surface area contributed by atoms with Crippen LogP contribution in [-0.4, -0.2) is 35.3 Å². The van der Waals surface area contributed by atoms with E-state index in [4.69, 9.17) is 16.3 Å². The first-order valence-corrected chi connectivity index (χ1v) is 9.32. The number of amides is 1. The van der Waals surface area contributed by atoms with Gasteiger partial charge in [-0.3, -0.25) is 9.59 Å². The maximum absolute atomic E-state index is 14.1. The number of halogens is 2. The Morgan fingerprint density at radius 1 is 1.22 bits per heavy atom. The molecule has 0 aromatic heterocycles. The molecular formula is C21H19ClFNO3. The van der Waals surface area contributed by atoms with Crippen LogP contribution in [0.1, 0.15) is 45.5 Å². The minimum Gasteiger partial charge on any atom is -0.486 e. The number of carbonyl (C=O) groups excluding carboxylic acids is 2. The number of piperidine rings is 1. The van der Waals surface area contributed by atoms with Gasteiger partial charge in [0, 0.05) is 25.9 Å². The zero-order valence-corrected chi connectivity index (χ0v) is 15.7. The van der Waals surface area contributed by atoms with Crippen LogP contribution in [0.15, 0.2) is 36.4 Å². The first kappa shape index (κ1) is 18.0. The predicted octanol–water partition coefficient (Wildman–Crippen LogP) is 4.43. The number of ether oxygens (including phenoxy) is 1. The Bertz CT molecular complexity index is 915. The molecular weight excluding hydrogens is 369 g/mol. The third-order valence-corrected chi connectivity index (χ3v) is 5.70. The van der Waals surface area contributed by atoms with Gasteiger partial charge in [-0.25, -0.2) is 4.39 Å². The summed E-state index contributed by atoms with van der Waals surface area (Å²) >= 11 is 6.02. The molecule has 1 fully saturated rings. The van der Waals surface area contributed by atoms with Crippen LogP contribution in [0.4, 0.5) is 4.39 Å². The number of hydrogen-bond acceptors (Lipinski definition) is 3. The number of hydrogen-bond donors (Lipinski definition) is 0. The molecule has 0 radical (unpaired) electrons. The second kappa shape index (κ2) is 6.64. The molecule has 0 atom stereocenters. The van der Waals surface area contributed by atoms with Gasteiger partial charge in [0.25, 0.3) is 5.91 Å². The fourth-order valence-electron chi connectivity index (χ4n) is 3.86. The quantitative estimate of drug-likeness (QED) is 0.727. The van der Waals surface area contributed by atoms with Crippen LogP contribution < -0.4 is 4.74 Å². The molecule has 1 amide bonds. The summed E-state index contributed by atoms with van der Waals surface area (Å²) in [5.41, 5.74) is 0.937. The number of benzene rings is 2. The number of rotatable bonds is 1. The molecule has 6 heteroatoms. The van der Waals surface area contributed by atoms with E-state index < -0.39 is 17.3 Å². The second-order valence-electron chi connectivity index (χ2n) is 7.27. The normalized spacial score (nSPS) is 18.2. The Morgan fingerprint density at radius 3 is 2.67 bits per heavy atom. The zero-order chi connectivity index (χ0) is 19.2. The van der Waals surface area contributed by atoms with Crippen molar-refractivity contribution < 1.29 is 18.7 Å². The van der Waals surface area contributed by atoms with Gasteiger partial charge in [0.15, 0.2) is 5.78 Å². The van der Waals surface area contributed by atoms with E-state index in [9.17, 15) is 14.0 Å². The van der Waals surface area contributed by atoms with Gasteiger partial charge in [-0.1, -0.05) is 29.3 Å². The molecule has 2 aromatic rings. The minimum absolute atomic E-state index is 0.0666. The molecule has 0 saturated carbocycles. The highest BCUT2D eigenvalue weighted by Crippen LogP contribution is 2.40. The third kappa shape index (κ3) is 3.21. The van der Waals surface area contributed by atoms with Gasteiger partial charge in [0.1, 0.15) is 17.2 Å². The number of nitrogens with zero attached hydrogens (tertiary/aromatic N) is 1. The lowest BCUT2D eigenvalue weighted by Gasteiger charge is -2.44. The number of aryl methyl sites for hydroxylation is 1. The molecule has 0 unspecified atom stereocenters. The lowest BCUT2D eigenvalue weighted by molar-refractivity contribution is -0.00580. The molecule has 140 valence electrons. The Hall–Kier alpha value is -2.40. The number of fused-ring (bicyclic) bond motifs is 1. The van der Waals surface area contributed by atoms with E-state index in [0.29, 0.717) is 43.7 Å². The Labute approximate surface area is 161 Å². The van der Waals surface area contributed by atoms with E-state index in [2.05, 4.69) is 0 Å². The van der Waals surface area contributed by atoms with Crippen molar-refractivity contribution in [3.8, 4) is 5.75 Å². The predicted molar refractivity (Wildman–Crippen MR) is 100 cm³/mol. The summed E-state index contributed by atoms with van der Waals surface area (Å²) in [5, 5.41) is 0.105. The van der Waals surface area contributed by atoms with Crippen molar-refractivity contribution in [3.63, 3.8) is 0 Å². The standard InChI is InChI=1S/C21H19ClFNO3/c1-13-5-6-18-14(11-13)17(25)12-21(27-18)7-9-24(10-8-21)20(26)19-15(22)3-2-4-16(19)23/h2-6,11H,7-10,12H2,1H3. The Balaban J connectivity index is 1.52. The molecule has 1 spiro atoms. The zero-order valence-electron chi connectivity index (χ0n) is 14.9. The highest BCUT2D eigenvalue weighted by Gasteiger charge is 2.44. The summed E-state index contributed by atoms with van der Waals surface area (Å²) in [5.74, 6) is -0.377. The molecule has 2 aromatic carbocycles. The monoisotopic (exact) mass is 387 g/mol. The van der Waals surface area contributed by atoms with Gasteiger partial charge in [-0.05, 0) is 31.2 Å². The number of Topliss-reactive ketones (excluding diaryl/α,β-unsaturated/α-hetero) is 1. The number of likely N-dealkylation sites (tertiary alicyclic amines) is 1. The Kier molecular flexibility index (Phi) is 4.42. The van der Waals surface area contributed by atoms with Crippen molar-refractivity contribution in [2.75, 3.05) is 13.1 Å². The largest absolute Gasteiger partial charge is 0.486 e. The van der Waals surface area contributed by atoms with Crippen LogP contribution >= 0.6 is 11.6 Å². The first-order chi connectivity index (χ1) is 12.9. The van der Waals surface area contributed by atoms with Gasteiger partial charge in [-0.2, -0.15) is 0 Å². The van der Waals surface area contributed by atoms with Crippen molar-refractivity contribution >= 4 is 23.3 Å². The third-order valence-electron chi connectivity index (χ3n) is 5.38. The maximum Gasteiger partial charge on any atom is 0.258 e. The van der Waals surface area contributed by atoms with E-state index in [1.807, 2.05) is 25.1 Å². The van der Waals surface area contributed by atoms with E-state index in [1.165, 1.54) is 18.2 Å². The van der Waals surface area contributed by atoms with Crippen LogP contribution in [-0.2, 0) is 0 Å². The van der Waals surface area contributed by atoms with Crippen LogP contribution in [0.2, 0.25) is 5.02 Å². The van der Waals surface area contributed by atoms with Crippen molar-refractivity contribution in [3.05, 3.63) is 63.9 Å².